The first-order valence-corrected chi connectivity index (χ1v) is 5.07. The number of aromatic amines is 1. The molecular formula is C8H9N3S2. The molecule has 0 unspecified atom stereocenters. The van der Waals surface area contributed by atoms with Crippen LogP contribution in [0.2, 0.25) is 0 Å². The number of aromatic nitrogens is 2. The van der Waals surface area contributed by atoms with Gasteiger partial charge in [0.05, 0.1) is 10.6 Å². The van der Waals surface area contributed by atoms with Crippen LogP contribution >= 0.6 is 23.6 Å². The van der Waals surface area contributed by atoms with Gasteiger partial charge in [0.25, 0.3) is 0 Å². The summed E-state index contributed by atoms with van der Waals surface area (Å²) in [4.78, 5) is 4.19. The normalized spacial score (nSPS) is 10.5. The van der Waals surface area contributed by atoms with E-state index in [9.17, 15) is 0 Å². The highest BCUT2D eigenvalue weighted by Gasteiger charge is 2.08. The Labute approximate surface area is 84.8 Å². The number of hydrogen-bond acceptors (Lipinski definition) is 3. The Morgan fingerprint density at radius 2 is 2.38 bits per heavy atom. The molecule has 0 amide bonds. The van der Waals surface area contributed by atoms with E-state index in [1.807, 2.05) is 24.6 Å². The van der Waals surface area contributed by atoms with Crippen molar-refractivity contribution in [3.8, 4) is 10.6 Å². The van der Waals surface area contributed by atoms with Gasteiger partial charge in [0.2, 0.25) is 0 Å². The van der Waals surface area contributed by atoms with Crippen LogP contribution in [0.15, 0.2) is 17.5 Å². The zero-order valence-corrected chi connectivity index (χ0v) is 8.71. The minimum Gasteiger partial charge on any atom is -0.383 e. The van der Waals surface area contributed by atoms with E-state index in [2.05, 4.69) is 4.98 Å². The summed E-state index contributed by atoms with van der Waals surface area (Å²) in [5.74, 6) is 0.687. The molecule has 0 aromatic carbocycles. The molecule has 3 N–H and O–H groups in total. The molecule has 2 rings (SSSR count). The molecule has 0 aliphatic carbocycles. The lowest BCUT2D eigenvalue weighted by molar-refractivity contribution is 0.906. The van der Waals surface area contributed by atoms with Crippen molar-refractivity contribution in [2.45, 2.75) is 0 Å². The molecule has 13 heavy (non-hydrogen) atoms. The topological polar surface area (TPSA) is 46.7 Å². The van der Waals surface area contributed by atoms with Gasteiger partial charge in [-0.2, -0.15) is 0 Å². The van der Waals surface area contributed by atoms with E-state index in [4.69, 9.17) is 18.0 Å². The van der Waals surface area contributed by atoms with Crippen molar-refractivity contribution in [3.05, 3.63) is 22.3 Å². The maximum Gasteiger partial charge on any atom is 0.178 e. The van der Waals surface area contributed by atoms with Gasteiger partial charge in [-0.1, -0.05) is 6.07 Å². The Kier molecular flexibility index (Phi) is 1.97. The number of anilines is 1. The lowest BCUT2D eigenvalue weighted by Crippen LogP contribution is -1.96. The zero-order valence-electron chi connectivity index (χ0n) is 7.07. The second-order valence-electron chi connectivity index (χ2n) is 2.73. The Balaban J connectivity index is 2.66. The monoisotopic (exact) mass is 211 g/mol. The highest BCUT2D eigenvalue weighted by Crippen LogP contribution is 2.27. The summed E-state index contributed by atoms with van der Waals surface area (Å²) in [6.45, 7) is 0. The number of hydrogen-bond donors (Lipinski definition) is 2. The molecule has 0 spiro atoms. The van der Waals surface area contributed by atoms with Gasteiger partial charge in [-0.3, -0.25) is 0 Å². The van der Waals surface area contributed by atoms with E-state index in [1.54, 1.807) is 15.9 Å². The SMILES string of the molecule is Cn1c(N)c(-c2cccs2)[nH]c1=S. The average molecular weight is 211 g/mol. The lowest BCUT2D eigenvalue weighted by atomic mass is 10.3. The van der Waals surface area contributed by atoms with Crippen LogP contribution in [-0.2, 0) is 7.05 Å². The maximum atomic E-state index is 5.87. The number of imidazole rings is 1. The standard InChI is InChI=1S/C8H9N3S2/c1-11-7(9)6(10-8(11)12)5-3-2-4-13-5/h2-4H,9H2,1H3,(H,10,12). The molecule has 0 radical (unpaired) electrons. The van der Waals surface area contributed by atoms with Gasteiger partial charge < -0.3 is 15.3 Å². The summed E-state index contributed by atoms with van der Waals surface area (Å²) >= 11 is 6.71. The number of nitrogens with zero attached hydrogens (tertiary/aromatic N) is 1. The molecule has 0 fully saturated rings. The molecule has 0 aliphatic heterocycles. The van der Waals surface area contributed by atoms with Crippen molar-refractivity contribution in [3.63, 3.8) is 0 Å². The fourth-order valence-electron chi connectivity index (χ4n) is 1.14. The van der Waals surface area contributed by atoms with Crippen LogP contribution in [0.4, 0.5) is 5.82 Å². The smallest absolute Gasteiger partial charge is 0.178 e. The lowest BCUT2D eigenvalue weighted by Gasteiger charge is -1.96. The van der Waals surface area contributed by atoms with Gasteiger partial charge in [-0.05, 0) is 23.7 Å². The molecule has 0 saturated heterocycles. The molecule has 0 atom stereocenters. The summed E-state index contributed by atoms with van der Waals surface area (Å²) in [5, 5.41) is 2.01. The van der Waals surface area contributed by atoms with Crippen molar-refractivity contribution in [1.29, 1.82) is 0 Å². The van der Waals surface area contributed by atoms with E-state index in [-0.39, 0.29) is 0 Å². The number of H-pyrrole nitrogens is 1. The molecule has 0 aliphatic rings. The van der Waals surface area contributed by atoms with Gasteiger partial charge >= 0.3 is 0 Å². The summed E-state index contributed by atoms with van der Waals surface area (Å²) < 4.78 is 2.42. The second-order valence-corrected chi connectivity index (χ2v) is 4.06. The quantitative estimate of drug-likeness (QED) is 0.711. The molecule has 2 heterocycles. The first-order chi connectivity index (χ1) is 6.20. The van der Waals surface area contributed by atoms with Crippen molar-refractivity contribution < 1.29 is 0 Å². The van der Waals surface area contributed by atoms with E-state index >= 15 is 0 Å². The van der Waals surface area contributed by atoms with E-state index in [0.717, 1.165) is 10.6 Å². The Hall–Kier alpha value is -1.07. The molecule has 3 nitrogen and oxygen atoms in total. The number of nitrogens with one attached hydrogen (secondary N) is 1. The van der Waals surface area contributed by atoms with Crippen molar-refractivity contribution in [1.82, 2.24) is 9.55 Å². The third-order valence-electron chi connectivity index (χ3n) is 1.92. The highest BCUT2D eigenvalue weighted by atomic mass is 32.1. The number of thiophene rings is 1. The molecule has 5 heteroatoms. The molecular weight excluding hydrogens is 202 g/mol. The summed E-state index contributed by atoms with van der Waals surface area (Å²) in [5.41, 5.74) is 6.79. The van der Waals surface area contributed by atoms with Crippen molar-refractivity contribution in [2.75, 3.05) is 5.73 Å². The van der Waals surface area contributed by atoms with Crippen LogP contribution in [0.25, 0.3) is 10.6 Å². The second kappa shape index (κ2) is 3.01. The van der Waals surface area contributed by atoms with Gasteiger partial charge in [-0.25, -0.2) is 0 Å². The Morgan fingerprint density at radius 3 is 2.85 bits per heavy atom. The van der Waals surface area contributed by atoms with Crippen molar-refractivity contribution >= 4 is 29.4 Å². The summed E-state index contributed by atoms with van der Waals surface area (Å²) in [6, 6.07) is 4.00. The van der Waals surface area contributed by atoms with E-state index < -0.39 is 0 Å². The summed E-state index contributed by atoms with van der Waals surface area (Å²) in [6.07, 6.45) is 0. The fourth-order valence-corrected chi connectivity index (χ4v) is 2.08. The Morgan fingerprint density at radius 1 is 1.62 bits per heavy atom. The predicted octanol–water partition coefficient (Wildman–Crippen LogP) is 2.39. The first kappa shape index (κ1) is 8.52. The maximum absolute atomic E-state index is 5.87. The fraction of sp³-hybridized carbons (Fsp3) is 0.125. The predicted molar refractivity (Wildman–Crippen MR) is 58.3 cm³/mol. The molecule has 68 valence electrons. The van der Waals surface area contributed by atoms with Gasteiger partial charge in [0.1, 0.15) is 5.82 Å². The largest absolute Gasteiger partial charge is 0.383 e. The number of rotatable bonds is 1. The van der Waals surface area contributed by atoms with Crippen LogP contribution in [0, 0.1) is 4.77 Å². The summed E-state index contributed by atoms with van der Waals surface area (Å²) in [7, 11) is 1.85. The minimum absolute atomic E-state index is 0.654. The average Bonchev–Trinajstić information content (AvgIpc) is 2.70. The van der Waals surface area contributed by atoms with Crippen LogP contribution in [0.5, 0.6) is 0 Å². The van der Waals surface area contributed by atoms with E-state index in [1.165, 1.54) is 0 Å². The van der Waals surface area contributed by atoms with Gasteiger partial charge in [0, 0.05) is 7.05 Å². The van der Waals surface area contributed by atoms with Gasteiger partial charge in [-0.15, -0.1) is 11.3 Å². The number of nitrogen functional groups attached to an aromatic ring is 1. The van der Waals surface area contributed by atoms with Crippen LogP contribution < -0.4 is 5.73 Å². The van der Waals surface area contributed by atoms with E-state index in [0.29, 0.717) is 10.6 Å². The third-order valence-corrected chi connectivity index (χ3v) is 3.18. The molecule has 2 aromatic rings. The minimum atomic E-state index is 0.654. The van der Waals surface area contributed by atoms with Gasteiger partial charge in [0.15, 0.2) is 4.77 Å². The third kappa shape index (κ3) is 1.30. The molecule has 0 bridgehead atoms. The number of nitrogens with two attached hydrogens (primary N) is 1. The molecule has 2 aromatic heterocycles. The van der Waals surface area contributed by atoms with Crippen LogP contribution in [-0.4, -0.2) is 9.55 Å². The Bertz CT molecular complexity index is 464. The van der Waals surface area contributed by atoms with Crippen LogP contribution in [0.1, 0.15) is 0 Å². The van der Waals surface area contributed by atoms with Crippen LogP contribution in [0.3, 0.4) is 0 Å². The van der Waals surface area contributed by atoms with Crippen molar-refractivity contribution in [2.24, 2.45) is 7.05 Å². The highest BCUT2D eigenvalue weighted by molar-refractivity contribution is 7.71. The first-order valence-electron chi connectivity index (χ1n) is 3.78. The zero-order chi connectivity index (χ0) is 9.42. The molecule has 0 saturated carbocycles.